The van der Waals surface area contributed by atoms with Crippen LogP contribution in [0, 0.1) is 0 Å². The molecular weight excluding hydrogens is 400 g/mol. The first-order valence-corrected chi connectivity index (χ1v) is 10.8. The van der Waals surface area contributed by atoms with Gasteiger partial charge in [0, 0.05) is 16.1 Å². The highest BCUT2D eigenvalue weighted by atomic mass is 35.5. The maximum Gasteiger partial charge on any atom is 0.132 e. The first kappa shape index (κ1) is 17.2. The second-order valence-corrected chi connectivity index (χ2v) is 8.72. The minimum atomic E-state index is -0.467. The van der Waals surface area contributed by atoms with Crippen molar-refractivity contribution in [2.24, 2.45) is 0 Å². The summed E-state index contributed by atoms with van der Waals surface area (Å²) in [7, 11) is 0. The Morgan fingerprint density at radius 3 is 1.81 bits per heavy atom. The van der Waals surface area contributed by atoms with Gasteiger partial charge in [0.2, 0.25) is 0 Å². The molecule has 1 nitrogen and oxygen atoms in total. The number of halogens is 1. The summed E-state index contributed by atoms with van der Waals surface area (Å²) in [5, 5.41) is 3.10. The second kappa shape index (κ2) is 6.00. The lowest BCUT2D eigenvalue weighted by molar-refractivity contribution is 0.437. The van der Waals surface area contributed by atoms with Crippen molar-refractivity contribution in [1.82, 2.24) is 0 Å². The monoisotopic (exact) mass is 416 g/mol. The normalized spacial score (nSPS) is 14.5. The van der Waals surface area contributed by atoms with Crippen LogP contribution in [-0.2, 0) is 5.41 Å². The number of benzene rings is 5. The predicted octanol–water partition coefficient (Wildman–Crippen LogP) is 7.96. The maximum atomic E-state index is 6.56. The summed E-state index contributed by atoms with van der Waals surface area (Å²) in [6.07, 6.45) is 0. The summed E-state index contributed by atoms with van der Waals surface area (Å²) in [6.45, 7) is 0. The molecule has 0 saturated carbocycles. The molecule has 5 aromatic rings. The Kier molecular flexibility index (Phi) is 3.32. The Morgan fingerprint density at radius 2 is 1.10 bits per heavy atom. The van der Waals surface area contributed by atoms with E-state index < -0.39 is 5.41 Å². The first-order chi connectivity index (χ1) is 15.3. The molecule has 1 aliphatic heterocycles. The predicted molar refractivity (Wildman–Crippen MR) is 126 cm³/mol. The van der Waals surface area contributed by atoms with Crippen molar-refractivity contribution >= 4 is 22.4 Å². The molecule has 0 atom stereocenters. The lowest BCUT2D eigenvalue weighted by Crippen LogP contribution is -2.32. The molecule has 2 heteroatoms. The molecule has 31 heavy (non-hydrogen) atoms. The van der Waals surface area contributed by atoms with Crippen molar-refractivity contribution < 1.29 is 4.74 Å². The summed E-state index contributed by atoms with van der Waals surface area (Å²) in [5.74, 6) is 1.76. The minimum absolute atomic E-state index is 0.467. The second-order valence-electron chi connectivity index (χ2n) is 8.28. The number of ether oxygens (including phenoxy) is 1. The Morgan fingerprint density at radius 1 is 0.516 bits per heavy atom. The van der Waals surface area contributed by atoms with Crippen LogP contribution in [0.4, 0.5) is 0 Å². The lowest BCUT2D eigenvalue weighted by Gasteiger charge is -2.39. The highest BCUT2D eigenvalue weighted by Gasteiger charge is 2.51. The Labute approximate surface area is 185 Å². The molecular formula is C29H17ClO. The number of fused-ring (bicyclic) bond motifs is 10. The van der Waals surface area contributed by atoms with Crippen LogP contribution < -0.4 is 4.74 Å². The molecule has 146 valence electrons. The summed E-state index contributed by atoms with van der Waals surface area (Å²) in [4.78, 5) is 0. The Bertz CT molecular complexity index is 1490. The minimum Gasteiger partial charge on any atom is -0.457 e. The topological polar surface area (TPSA) is 9.23 Å². The lowest BCUT2D eigenvalue weighted by atomic mass is 9.66. The zero-order valence-corrected chi connectivity index (χ0v) is 17.4. The van der Waals surface area contributed by atoms with Gasteiger partial charge in [0.25, 0.3) is 0 Å². The summed E-state index contributed by atoms with van der Waals surface area (Å²) in [5.41, 5.74) is 6.89. The van der Waals surface area contributed by atoms with Gasteiger partial charge in [-0.1, -0.05) is 84.4 Å². The van der Waals surface area contributed by atoms with Crippen LogP contribution in [0.1, 0.15) is 22.3 Å². The van der Waals surface area contributed by atoms with Gasteiger partial charge in [-0.25, -0.2) is 0 Å². The summed E-state index contributed by atoms with van der Waals surface area (Å²) < 4.78 is 6.50. The van der Waals surface area contributed by atoms with E-state index in [0.717, 1.165) is 17.1 Å². The summed E-state index contributed by atoms with van der Waals surface area (Å²) in [6, 6.07) is 36.4. The average Bonchev–Trinajstić information content (AvgIpc) is 3.10. The standard InChI is InChI=1S/C29H17ClO/c30-20-13-14-27-26(17-20)29(25-15-18-7-1-2-8-19(18)16-28(25)31-27)23-11-5-3-9-21(23)22-10-4-6-12-24(22)29/h1-17H. The van der Waals surface area contributed by atoms with Crippen LogP contribution in [0.25, 0.3) is 21.9 Å². The molecule has 0 N–H and O–H groups in total. The first-order valence-electron chi connectivity index (χ1n) is 10.5. The molecule has 5 aromatic carbocycles. The van der Waals surface area contributed by atoms with Gasteiger partial charge in [-0.05, 0) is 63.4 Å². The molecule has 0 radical (unpaired) electrons. The summed E-state index contributed by atoms with van der Waals surface area (Å²) >= 11 is 6.56. The van der Waals surface area contributed by atoms with E-state index in [1.54, 1.807) is 0 Å². The van der Waals surface area contributed by atoms with E-state index in [1.165, 1.54) is 38.6 Å². The highest BCUT2D eigenvalue weighted by Crippen LogP contribution is 2.62. The van der Waals surface area contributed by atoms with Crippen molar-refractivity contribution in [2.75, 3.05) is 0 Å². The van der Waals surface area contributed by atoms with Crippen LogP contribution in [-0.4, -0.2) is 0 Å². The molecule has 0 amide bonds. The molecule has 2 aliphatic rings. The van der Waals surface area contributed by atoms with Crippen LogP contribution >= 0.6 is 11.6 Å². The van der Waals surface area contributed by atoms with Gasteiger partial charge >= 0.3 is 0 Å². The van der Waals surface area contributed by atoms with Crippen LogP contribution in [0.3, 0.4) is 0 Å². The fraction of sp³-hybridized carbons (Fsp3) is 0.0345. The molecule has 1 heterocycles. The third-order valence-electron chi connectivity index (χ3n) is 6.77. The van der Waals surface area contributed by atoms with E-state index in [4.69, 9.17) is 16.3 Å². The van der Waals surface area contributed by atoms with Gasteiger partial charge in [-0.15, -0.1) is 0 Å². The van der Waals surface area contributed by atoms with Crippen molar-refractivity contribution in [1.29, 1.82) is 0 Å². The van der Waals surface area contributed by atoms with Gasteiger partial charge in [0.1, 0.15) is 11.5 Å². The largest absolute Gasteiger partial charge is 0.457 e. The van der Waals surface area contributed by atoms with Gasteiger partial charge in [-0.3, -0.25) is 0 Å². The molecule has 1 aliphatic carbocycles. The van der Waals surface area contributed by atoms with E-state index in [-0.39, 0.29) is 0 Å². The van der Waals surface area contributed by atoms with E-state index >= 15 is 0 Å². The third-order valence-corrected chi connectivity index (χ3v) is 7.00. The fourth-order valence-electron chi connectivity index (χ4n) is 5.56. The van der Waals surface area contributed by atoms with E-state index in [1.807, 2.05) is 12.1 Å². The quantitative estimate of drug-likeness (QED) is 0.243. The Balaban J connectivity index is 1.72. The van der Waals surface area contributed by atoms with Gasteiger partial charge in [0.15, 0.2) is 0 Å². The highest BCUT2D eigenvalue weighted by molar-refractivity contribution is 6.30. The smallest absolute Gasteiger partial charge is 0.132 e. The molecule has 1 spiro atoms. The number of hydrogen-bond donors (Lipinski definition) is 0. The fourth-order valence-corrected chi connectivity index (χ4v) is 5.73. The van der Waals surface area contributed by atoms with Gasteiger partial charge in [0.05, 0.1) is 5.41 Å². The van der Waals surface area contributed by atoms with Crippen molar-refractivity contribution in [2.45, 2.75) is 5.41 Å². The van der Waals surface area contributed by atoms with Crippen molar-refractivity contribution in [3.63, 3.8) is 0 Å². The number of rotatable bonds is 0. The zero-order chi connectivity index (χ0) is 20.6. The van der Waals surface area contributed by atoms with Crippen molar-refractivity contribution in [3.8, 4) is 22.6 Å². The number of hydrogen-bond acceptors (Lipinski definition) is 1. The van der Waals surface area contributed by atoms with Gasteiger partial charge in [-0.2, -0.15) is 0 Å². The van der Waals surface area contributed by atoms with E-state index in [2.05, 4.69) is 91.0 Å². The van der Waals surface area contributed by atoms with Crippen LogP contribution in [0.5, 0.6) is 11.5 Å². The molecule has 0 unspecified atom stereocenters. The average molecular weight is 417 g/mol. The molecule has 0 bridgehead atoms. The van der Waals surface area contributed by atoms with E-state index in [0.29, 0.717) is 5.02 Å². The third kappa shape index (κ3) is 2.12. The van der Waals surface area contributed by atoms with E-state index in [9.17, 15) is 0 Å². The molecule has 7 rings (SSSR count). The Hall–Kier alpha value is -3.55. The molecule has 0 saturated heterocycles. The van der Waals surface area contributed by atoms with Crippen LogP contribution in [0.2, 0.25) is 5.02 Å². The SMILES string of the molecule is Clc1ccc2c(c1)C1(c3cc4ccccc4cc3O2)c2ccccc2-c2ccccc21. The zero-order valence-electron chi connectivity index (χ0n) is 16.6. The molecule has 0 fully saturated rings. The van der Waals surface area contributed by atoms with Gasteiger partial charge < -0.3 is 4.74 Å². The molecule has 0 aromatic heterocycles. The maximum absolute atomic E-state index is 6.56. The van der Waals surface area contributed by atoms with Crippen molar-refractivity contribution in [3.05, 3.63) is 130 Å². The van der Waals surface area contributed by atoms with Crippen LogP contribution in [0.15, 0.2) is 103 Å².